The Morgan fingerprint density at radius 2 is 2.14 bits per heavy atom. The molecule has 14 heavy (non-hydrogen) atoms. The van der Waals surface area contributed by atoms with Crippen molar-refractivity contribution >= 4 is 15.9 Å². The molecule has 1 aromatic carbocycles. The number of hydrogen-bond acceptors (Lipinski definition) is 0. The highest BCUT2D eigenvalue weighted by molar-refractivity contribution is 9.10. The van der Waals surface area contributed by atoms with Gasteiger partial charge in [-0.3, -0.25) is 0 Å². The van der Waals surface area contributed by atoms with Gasteiger partial charge in [-0.1, -0.05) is 35.0 Å². The Labute approximate surface area is 94.9 Å². The molecule has 1 unspecified atom stereocenters. The molecule has 0 saturated heterocycles. The molecule has 0 saturated carbocycles. The van der Waals surface area contributed by atoms with Crippen molar-refractivity contribution in [2.45, 2.75) is 27.2 Å². The van der Waals surface area contributed by atoms with Crippen LogP contribution in [0.1, 0.15) is 25.0 Å². The standard InChI is InChI=1S/C13H15Br/c1-4-6-10(2)9-12-7-5-8-13(14)11(12)3/h5,7-8,10H,9H2,1-3H3. The van der Waals surface area contributed by atoms with Crippen LogP contribution in [0.25, 0.3) is 0 Å². The summed E-state index contributed by atoms with van der Waals surface area (Å²) in [5, 5.41) is 0. The van der Waals surface area contributed by atoms with Gasteiger partial charge in [0.1, 0.15) is 0 Å². The summed E-state index contributed by atoms with van der Waals surface area (Å²) in [4.78, 5) is 0. The topological polar surface area (TPSA) is 0 Å². The summed E-state index contributed by atoms with van der Waals surface area (Å²) >= 11 is 3.54. The fourth-order valence-electron chi connectivity index (χ4n) is 1.50. The van der Waals surface area contributed by atoms with Gasteiger partial charge in [-0.15, -0.1) is 11.8 Å². The van der Waals surface area contributed by atoms with Crippen LogP contribution in [0.5, 0.6) is 0 Å². The van der Waals surface area contributed by atoms with Gasteiger partial charge in [-0.2, -0.15) is 0 Å². The third-order valence-corrected chi connectivity index (χ3v) is 3.16. The third kappa shape index (κ3) is 2.89. The monoisotopic (exact) mass is 250 g/mol. The van der Waals surface area contributed by atoms with Gasteiger partial charge >= 0.3 is 0 Å². The van der Waals surface area contributed by atoms with Crippen LogP contribution in [-0.2, 0) is 6.42 Å². The molecule has 1 atom stereocenters. The van der Waals surface area contributed by atoms with E-state index in [1.807, 2.05) is 6.92 Å². The van der Waals surface area contributed by atoms with E-state index in [4.69, 9.17) is 0 Å². The zero-order valence-electron chi connectivity index (χ0n) is 8.89. The van der Waals surface area contributed by atoms with Gasteiger partial charge in [0.05, 0.1) is 0 Å². The fraction of sp³-hybridized carbons (Fsp3) is 0.385. The van der Waals surface area contributed by atoms with Crippen molar-refractivity contribution in [1.82, 2.24) is 0 Å². The molecule has 0 spiro atoms. The molecule has 0 aliphatic carbocycles. The molecule has 0 N–H and O–H groups in total. The molecule has 0 bridgehead atoms. The van der Waals surface area contributed by atoms with E-state index in [0.717, 1.165) is 6.42 Å². The average Bonchev–Trinajstić information content (AvgIpc) is 2.13. The van der Waals surface area contributed by atoms with Crippen molar-refractivity contribution in [3.63, 3.8) is 0 Å². The number of benzene rings is 1. The number of halogens is 1. The van der Waals surface area contributed by atoms with Gasteiger partial charge in [0.2, 0.25) is 0 Å². The van der Waals surface area contributed by atoms with E-state index in [1.54, 1.807) is 0 Å². The zero-order valence-corrected chi connectivity index (χ0v) is 10.5. The quantitative estimate of drug-likeness (QED) is 0.698. The van der Waals surface area contributed by atoms with Gasteiger partial charge in [-0.25, -0.2) is 0 Å². The maximum absolute atomic E-state index is 3.54. The maximum atomic E-state index is 3.54. The summed E-state index contributed by atoms with van der Waals surface area (Å²) in [7, 11) is 0. The smallest absolute Gasteiger partial charge is 0.0214 e. The van der Waals surface area contributed by atoms with Crippen LogP contribution in [0.4, 0.5) is 0 Å². The van der Waals surface area contributed by atoms with Crippen molar-refractivity contribution in [2.24, 2.45) is 5.92 Å². The summed E-state index contributed by atoms with van der Waals surface area (Å²) in [5.74, 6) is 6.57. The molecule has 0 heterocycles. The van der Waals surface area contributed by atoms with E-state index in [-0.39, 0.29) is 0 Å². The number of hydrogen-bond donors (Lipinski definition) is 0. The van der Waals surface area contributed by atoms with Gasteiger partial charge in [-0.05, 0) is 37.5 Å². The highest BCUT2D eigenvalue weighted by atomic mass is 79.9. The van der Waals surface area contributed by atoms with Crippen LogP contribution in [0, 0.1) is 24.7 Å². The summed E-state index contributed by atoms with van der Waals surface area (Å²) in [6, 6.07) is 6.33. The Bertz CT molecular complexity index is 369. The molecular formula is C13H15Br. The van der Waals surface area contributed by atoms with E-state index < -0.39 is 0 Å². The summed E-state index contributed by atoms with van der Waals surface area (Å²) < 4.78 is 1.19. The Morgan fingerprint density at radius 3 is 2.79 bits per heavy atom. The SMILES string of the molecule is CC#CC(C)Cc1cccc(Br)c1C. The van der Waals surface area contributed by atoms with Crippen LogP contribution in [0.3, 0.4) is 0 Å². The molecule has 1 heteroatoms. The minimum atomic E-state index is 0.438. The summed E-state index contributed by atoms with van der Waals surface area (Å²) in [6.07, 6.45) is 1.03. The predicted octanol–water partition coefficient (Wildman–Crippen LogP) is 3.96. The van der Waals surface area contributed by atoms with E-state index >= 15 is 0 Å². The van der Waals surface area contributed by atoms with E-state index in [2.05, 4.69) is 59.8 Å². The van der Waals surface area contributed by atoms with Gasteiger partial charge < -0.3 is 0 Å². The van der Waals surface area contributed by atoms with Gasteiger partial charge in [0, 0.05) is 10.4 Å². The van der Waals surface area contributed by atoms with Crippen LogP contribution >= 0.6 is 15.9 Å². The molecule has 0 aliphatic heterocycles. The summed E-state index contributed by atoms with van der Waals surface area (Å²) in [5.41, 5.74) is 2.71. The van der Waals surface area contributed by atoms with E-state index in [0.29, 0.717) is 5.92 Å². The Balaban J connectivity index is 2.85. The Morgan fingerprint density at radius 1 is 1.43 bits per heavy atom. The van der Waals surface area contributed by atoms with Crippen LogP contribution in [0.15, 0.2) is 22.7 Å². The van der Waals surface area contributed by atoms with Crippen LogP contribution in [-0.4, -0.2) is 0 Å². The average molecular weight is 251 g/mol. The second kappa shape index (κ2) is 5.22. The minimum absolute atomic E-state index is 0.438. The fourth-order valence-corrected chi connectivity index (χ4v) is 1.91. The molecule has 0 aliphatic rings. The highest BCUT2D eigenvalue weighted by Crippen LogP contribution is 2.21. The summed E-state index contributed by atoms with van der Waals surface area (Å²) in [6.45, 7) is 6.20. The molecule has 74 valence electrons. The first kappa shape index (κ1) is 11.3. The van der Waals surface area contributed by atoms with Crippen molar-refractivity contribution in [2.75, 3.05) is 0 Å². The van der Waals surface area contributed by atoms with E-state index in [1.165, 1.54) is 15.6 Å². The second-order valence-electron chi connectivity index (χ2n) is 3.52. The first-order valence-corrected chi connectivity index (χ1v) is 5.60. The van der Waals surface area contributed by atoms with Gasteiger partial charge in [0.15, 0.2) is 0 Å². The van der Waals surface area contributed by atoms with Crippen LogP contribution < -0.4 is 0 Å². The lowest BCUT2D eigenvalue weighted by Crippen LogP contribution is -1.99. The zero-order chi connectivity index (χ0) is 10.6. The third-order valence-electron chi connectivity index (χ3n) is 2.30. The second-order valence-corrected chi connectivity index (χ2v) is 4.38. The molecule has 0 nitrogen and oxygen atoms in total. The molecule has 0 aromatic heterocycles. The van der Waals surface area contributed by atoms with Crippen LogP contribution in [0.2, 0.25) is 0 Å². The molecule has 1 aromatic rings. The lowest BCUT2D eigenvalue weighted by Gasteiger charge is -2.09. The molecule has 0 radical (unpaired) electrons. The molecule has 1 rings (SSSR count). The van der Waals surface area contributed by atoms with Crippen molar-refractivity contribution in [3.05, 3.63) is 33.8 Å². The number of rotatable bonds is 2. The van der Waals surface area contributed by atoms with Gasteiger partial charge in [0.25, 0.3) is 0 Å². The Hall–Kier alpha value is -0.740. The largest absolute Gasteiger partial charge is 0.106 e. The van der Waals surface area contributed by atoms with Crippen molar-refractivity contribution in [3.8, 4) is 11.8 Å². The molecular weight excluding hydrogens is 236 g/mol. The predicted molar refractivity (Wildman–Crippen MR) is 65.2 cm³/mol. The lowest BCUT2D eigenvalue weighted by atomic mass is 9.98. The maximum Gasteiger partial charge on any atom is 0.0214 e. The first-order chi connectivity index (χ1) is 6.65. The van der Waals surface area contributed by atoms with Crippen molar-refractivity contribution < 1.29 is 0 Å². The first-order valence-electron chi connectivity index (χ1n) is 4.81. The Kier molecular flexibility index (Phi) is 4.22. The molecule has 0 amide bonds. The highest BCUT2D eigenvalue weighted by Gasteiger charge is 2.04. The van der Waals surface area contributed by atoms with E-state index in [9.17, 15) is 0 Å². The molecule has 0 fully saturated rings. The lowest BCUT2D eigenvalue weighted by molar-refractivity contribution is 0.745. The normalized spacial score (nSPS) is 11.7. The van der Waals surface area contributed by atoms with Crippen molar-refractivity contribution in [1.29, 1.82) is 0 Å². The minimum Gasteiger partial charge on any atom is -0.106 e.